The molecule has 0 fully saturated rings. The molecule has 122 valence electrons. The predicted molar refractivity (Wildman–Crippen MR) is 82.6 cm³/mol. The van der Waals surface area contributed by atoms with E-state index in [1.54, 1.807) is 30.1 Å². The van der Waals surface area contributed by atoms with Crippen molar-refractivity contribution < 1.29 is 19.1 Å². The predicted octanol–water partition coefficient (Wildman–Crippen LogP) is 1.82. The van der Waals surface area contributed by atoms with E-state index < -0.39 is 5.97 Å². The molecule has 0 atom stereocenters. The number of para-hydroxylation sites is 1. The number of carbonyl (C=O) groups excluding carboxylic acids is 1. The third-order valence-electron chi connectivity index (χ3n) is 3.07. The fraction of sp³-hybridized carbons (Fsp3) is 0.467. The number of hydrogen-bond donors (Lipinski definition) is 3. The fourth-order valence-corrected chi connectivity index (χ4v) is 1.90. The van der Waals surface area contributed by atoms with Crippen LogP contribution in [0.25, 0.3) is 0 Å². The van der Waals surface area contributed by atoms with Gasteiger partial charge in [-0.05, 0) is 25.0 Å². The van der Waals surface area contributed by atoms with Gasteiger partial charge in [-0.3, -0.25) is 4.79 Å². The van der Waals surface area contributed by atoms with Gasteiger partial charge in [-0.25, -0.2) is 9.18 Å². The van der Waals surface area contributed by atoms with Crippen LogP contribution in [0, 0.1) is 5.82 Å². The first-order chi connectivity index (χ1) is 10.5. The molecule has 0 spiro atoms. The van der Waals surface area contributed by atoms with Crippen molar-refractivity contribution in [3.8, 4) is 0 Å². The molecule has 0 aliphatic heterocycles. The Morgan fingerprint density at radius 3 is 2.45 bits per heavy atom. The van der Waals surface area contributed by atoms with Crippen LogP contribution in [0.5, 0.6) is 0 Å². The maximum absolute atomic E-state index is 13.5. The van der Waals surface area contributed by atoms with E-state index in [1.807, 2.05) is 0 Å². The summed E-state index contributed by atoms with van der Waals surface area (Å²) in [7, 11) is 1.80. The van der Waals surface area contributed by atoms with Gasteiger partial charge < -0.3 is 20.6 Å². The van der Waals surface area contributed by atoms with Crippen molar-refractivity contribution in [1.29, 1.82) is 0 Å². The Morgan fingerprint density at radius 2 is 1.82 bits per heavy atom. The van der Waals surface area contributed by atoms with E-state index >= 15 is 0 Å². The Kier molecular flexibility index (Phi) is 7.74. The molecule has 0 aliphatic rings. The zero-order valence-corrected chi connectivity index (χ0v) is 12.6. The summed E-state index contributed by atoms with van der Waals surface area (Å²) in [6.45, 7) is 1.40. The maximum Gasteiger partial charge on any atom is 0.314 e. The van der Waals surface area contributed by atoms with Crippen molar-refractivity contribution in [2.45, 2.75) is 19.3 Å². The largest absolute Gasteiger partial charge is 0.481 e. The molecule has 3 N–H and O–H groups in total. The Labute approximate surface area is 129 Å². The second-order valence-corrected chi connectivity index (χ2v) is 4.91. The van der Waals surface area contributed by atoms with Crippen LogP contribution in [0.3, 0.4) is 0 Å². The van der Waals surface area contributed by atoms with E-state index in [1.165, 1.54) is 6.07 Å². The van der Waals surface area contributed by atoms with Crippen LogP contribution in [0.4, 0.5) is 14.9 Å². The van der Waals surface area contributed by atoms with Crippen molar-refractivity contribution in [1.82, 2.24) is 10.6 Å². The second kappa shape index (κ2) is 9.59. The summed E-state index contributed by atoms with van der Waals surface area (Å²) in [5, 5.41) is 13.7. The maximum atomic E-state index is 13.5. The molecular weight excluding hydrogens is 289 g/mol. The van der Waals surface area contributed by atoms with Crippen LogP contribution < -0.4 is 15.5 Å². The number of aliphatic carboxylic acids is 1. The zero-order chi connectivity index (χ0) is 16.4. The van der Waals surface area contributed by atoms with Crippen molar-refractivity contribution >= 4 is 17.7 Å². The average molecular weight is 311 g/mol. The Balaban J connectivity index is 2.13. The van der Waals surface area contributed by atoms with Crippen LogP contribution in [0.15, 0.2) is 24.3 Å². The van der Waals surface area contributed by atoms with Gasteiger partial charge in [0, 0.05) is 33.1 Å². The van der Waals surface area contributed by atoms with Crippen LogP contribution in [-0.2, 0) is 4.79 Å². The average Bonchev–Trinajstić information content (AvgIpc) is 2.48. The number of rotatable bonds is 9. The first kappa shape index (κ1) is 17.7. The van der Waals surface area contributed by atoms with Gasteiger partial charge in [0.2, 0.25) is 0 Å². The summed E-state index contributed by atoms with van der Waals surface area (Å²) >= 11 is 0. The van der Waals surface area contributed by atoms with E-state index in [-0.39, 0.29) is 18.3 Å². The molecule has 1 rings (SSSR count). The lowest BCUT2D eigenvalue weighted by Gasteiger charge is -2.19. The number of amides is 2. The van der Waals surface area contributed by atoms with Gasteiger partial charge in [-0.1, -0.05) is 12.1 Å². The van der Waals surface area contributed by atoms with Gasteiger partial charge in [0.05, 0.1) is 5.69 Å². The lowest BCUT2D eigenvalue weighted by molar-refractivity contribution is -0.137. The molecule has 7 heteroatoms. The van der Waals surface area contributed by atoms with Gasteiger partial charge in [0.25, 0.3) is 0 Å². The summed E-state index contributed by atoms with van der Waals surface area (Å²) in [6, 6.07) is 6.21. The number of benzene rings is 1. The van der Waals surface area contributed by atoms with Crippen LogP contribution in [-0.4, -0.2) is 43.8 Å². The summed E-state index contributed by atoms with van der Waals surface area (Å²) in [5.41, 5.74) is 0.528. The topological polar surface area (TPSA) is 81.7 Å². The third kappa shape index (κ3) is 6.92. The normalized spacial score (nSPS) is 10.1. The first-order valence-corrected chi connectivity index (χ1v) is 7.20. The standard InChI is InChI=1S/C15H22FN3O3/c1-19(13-7-3-2-6-12(13)16)11-5-10-18-15(22)17-9-4-8-14(20)21/h2-3,6-7H,4-5,8-11H2,1H3,(H,20,21)(H2,17,18,22). The van der Waals surface area contributed by atoms with Gasteiger partial charge in [-0.2, -0.15) is 0 Å². The molecule has 0 saturated heterocycles. The summed E-state index contributed by atoms with van der Waals surface area (Å²) in [6.07, 6.45) is 1.11. The van der Waals surface area contributed by atoms with E-state index in [2.05, 4.69) is 10.6 Å². The minimum atomic E-state index is -0.876. The third-order valence-corrected chi connectivity index (χ3v) is 3.07. The first-order valence-electron chi connectivity index (χ1n) is 7.20. The number of anilines is 1. The van der Waals surface area contributed by atoms with E-state index in [9.17, 15) is 14.0 Å². The highest BCUT2D eigenvalue weighted by Gasteiger charge is 2.06. The van der Waals surface area contributed by atoms with Gasteiger partial charge in [0.1, 0.15) is 5.82 Å². The van der Waals surface area contributed by atoms with Crippen molar-refractivity contribution in [3.63, 3.8) is 0 Å². The van der Waals surface area contributed by atoms with Crippen molar-refractivity contribution in [2.75, 3.05) is 31.6 Å². The molecule has 0 unspecified atom stereocenters. The fourth-order valence-electron chi connectivity index (χ4n) is 1.90. The monoisotopic (exact) mass is 311 g/mol. The van der Waals surface area contributed by atoms with Gasteiger partial charge >= 0.3 is 12.0 Å². The lowest BCUT2D eigenvalue weighted by atomic mass is 10.2. The van der Waals surface area contributed by atoms with Crippen LogP contribution in [0.1, 0.15) is 19.3 Å². The van der Waals surface area contributed by atoms with E-state index in [0.29, 0.717) is 38.2 Å². The molecule has 1 aromatic carbocycles. The van der Waals surface area contributed by atoms with Gasteiger partial charge in [-0.15, -0.1) is 0 Å². The molecule has 1 aromatic rings. The summed E-state index contributed by atoms with van der Waals surface area (Å²) in [5.74, 6) is -1.15. The van der Waals surface area contributed by atoms with E-state index in [4.69, 9.17) is 5.11 Å². The Bertz CT molecular complexity index is 497. The molecule has 0 saturated carbocycles. The zero-order valence-electron chi connectivity index (χ0n) is 12.6. The number of hydrogen-bond acceptors (Lipinski definition) is 3. The molecule has 0 aromatic heterocycles. The molecule has 0 heterocycles. The number of nitrogens with zero attached hydrogens (tertiary/aromatic N) is 1. The minimum Gasteiger partial charge on any atom is -0.481 e. The quantitative estimate of drug-likeness (QED) is 0.608. The molecule has 22 heavy (non-hydrogen) atoms. The van der Waals surface area contributed by atoms with Crippen LogP contribution in [0.2, 0.25) is 0 Å². The Morgan fingerprint density at radius 1 is 1.18 bits per heavy atom. The number of nitrogens with one attached hydrogen (secondary N) is 2. The number of carboxylic acid groups (broad SMARTS) is 1. The summed E-state index contributed by atoms with van der Waals surface area (Å²) in [4.78, 5) is 23.5. The SMILES string of the molecule is CN(CCCNC(=O)NCCCC(=O)O)c1ccccc1F. The molecule has 0 radical (unpaired) electrons. The highest BCUT2D eigenvalue weighted by Crippen LogP contribution is 2.16. The van der Waals surface area contributed by atoms with Gasteiger partial charge in [0.15, 0.2) is 0 Å². The summed E-state index contributed by atoms with van der Waals surface area (Å²) < 4.78 is 13.5. The molecule has 0 aliphatic carbocycles. The molecule has 6 nitrogen and oxygen atoms in total. The van der Waals surface area contributed by atoms with Crippen LogP contribution >= 0.6 is 0 Å². The highest BCUT2D eigenvalue weighted by molar-refractivity contribution is 5.73. The number of carbonyl (C=O) groups is 2. The van der Waals surface area contributed by atoms with Crippen molar-refractivity contribution in [3.05, 3.63) is 30.1 Å². The van der Waals surface area contributed by atoms with Crippen molar-refractivity contribution in [2.24, 2.45) is 0 Å². The molecular formula is C15H22FN3O3. The second-order valence-electron chi connectivity index (χ2n) is 4.91. The van der Waals surface area contributed by atoms with E-state index in [0.717, 1.165) is 0 Å². The Hall–Kier alpha value is -2.31. The minimum absolute atomic E-state index is 0.0354. The number of carboxylic acids is 1. The number of halogens is 1. The molecule has 2 amide bonds. The lowest BCUT2D eigenvalue weighted by Crippen LogP contribution is -2.37. The highest BCUT2D eigenvalue weighted by atomic mass is 19.1. The smallest absolute Gasteiger partial charge is 0.314 e. The molecule has 0 bridgehead atoms. The number of urea groups is 1.